The van der Waals surface area contributed by atoms with Crippen LogP contribution in [0, 0.1) is 0 Å². The van der Waals surface area contributed by atoms with Crippen LogP contribution in [0.5, 0.6) is 0 Å². The number of hydrazone groups is 1. The summed E-state index contributed by atoms with van der Waals surface area (Å²) in [7, 11) is -0.690. The Kier molecular flexibility index (Phi) is 7.61. The normalized spacial score (nSPS) is 11.9. The van der Waals surface area contributed by atoms with Gasteiger partial charge in [0.2, 0.25) is 5.09 Å². The van der Waals surface area contributed by atoms with E-state index in [4.69, 9.17) is 8.97 Å². The van der Waals surface area contributed by atoms with Crippen molar-refractivity contribution in [2.75, 3.05) is 19.0 Å². The lowest BCUT2D eigenvalue weighted by molar-refractivity contribution is -0.117. The molecule has 0 saturated heterocycles. The molecule has 0 aliphatic heterocycles. The Morgan fingerprint density at radius 3 is 2.26 bits per heavy atom. The van der Waals surface area contributed by atoms with Crippen molar-refractivity contribution in [3.63, 3.8) is 0 Å². The SMILES string of the molecule is CN(C)c1ccc(C=C(NC(=O)c2ccccc2)C(=O)NN=Cc2ccc(S(=O)(=O)O)o2)cc1. The lowest BCUT2D eigenvalue weighted by Gasteiger charge is -2.12. The predicted octanol–water partition coefficient (Wildman–Crippen LogP) is 2.51. The molecule has 0 spiro atoms. The first-order valence-electron chi connectivity index (χ1n) is 9.90. The highest BCUT2D eigenvalue weighted by molar-refractivity contribution is 7.85. The minimum Gasteiger partial charge on any atom is -0.441 e. The van der Waals surface area contributed by atoms with Crippen molar-refractivity contribution in [1.29, 1.82) is 0 Å². The maximum atomic E-state index is 12.8. The fourth-order valence-corrected chi connectivity index (χ4v) is 3.18. The van der Waals surface area contributed by atoms with E-state index in [1.807, 2.05) is 31.1 Å². The van der Waals surface area contributed by atoms with Gasteiger partial charge in [0.1, 0.15) is 11.5 Å². The van der Waals surface area contributed by atoms with Crippen LogP contribution < -0.4 is 15.6 Å². The van der Waals surface area contributed by atoms with Gasteiger partial charge < -0.3 is 14.6 Å². The molecule has 2 aromatic carbocycles. The molecule has 3 aromatic rings. The molecule has 2 amide bonds. The molecule has 10 nitrogen and oxygen atoms in total. The third kappa shape index (κ3) is 6.64. The van der Waals surface area contributed by atoms with E-state index < -0.39 is 27.0 Å². The second-order valence-electron chi connectivity index (χ2n) is 7.20. The van der Waals surface area contributed by atoms with Gasteiger partial charge in [0, 0.05) is 25.3 Å². The van der Waals surface area contributed by atoms with Crippen molar-refractivity contribution < 1.29 is 27.0 Å². The van der Waals surface area contributed by atoms with Gasteiger partial charge in [0.25, 0.3) is 11.8 Å². The largest absolute Gasteiger partial charge is 0.441 e. The van der Waals surface area contributed by atoms with Crippen molar-refractivity contribution in [1.82, 2.24) is 10.7 Å². The summed E-state index contributed by atoms with van der Waals surface area (Å²) in [5, 5.41) is 5.65. The molecule has 0 unspecified atom stereocenters. The summed E-state index contributed by atoms with van der Waals surface area (Å²) in [4.78, 5) is 27.3. The zero-order valence-electron chi connectivity index (χ0n) is 18.3. The van der Waals surface area contributed by atoms with Crippen molar-refractivity contribution in [3.05, 3.63) is 89.3 Å². The Bertz CT molecular complexity index is 1330. The van der Waals surface area contributed by atoms with Crippen molar-refractivity contribution in [2.24, 2.45) is 5.10 Å². The zero-order valence-corrected chi connectivity index (χ0v) is 19.1. The monoisotopic (exact) mass is 482 g/mol. The number of nitrogens with zero attached hydrogens (tertiary/aromatic N) is 2. The van der Waals surface area contributed by atoms with E-state index in [9.17, 15) is 18.0 Å². The number of anilines is 1. The molecule has 3 N–H and O–H groups in total. The number of furan rings is 1. The van der Waals surface area contributed by atoms with Crippen molar-refractivity contribution >= 4 is 39.9 Å². The van der Waals surface area contributed by atoms with Crippen LogP contribution >= 0.6 is 0 Å². The van der Waals surface area contributed by atoms with Gasteiger partial charge in [0.15, 0.2) is 0 Å². The maximum Gasteiger partial charge on any atom is 0.328 e. The third-order valence-electron chi connectivity index (χ3n) is 4.46. The topological polar surface area (TPSA) is 141 Å². The highest BCUT2D eigenvalue weighted by atomic mass is 32.2. The van der Waals surface area contributed by atoms with Crippen LogP contribution in [0.25, 0.3) is 6.08 Å². The number of amides is 2. The van der Waals surface area contributed by atoms with Crippen LogP contribution in [-0.2, 0) is 14.9 Å². The van der Waals surface area contributed by atoms with E-state index in [0.29, 0.717) is 11.1 Å². The first-order chi connectivity index (χ1) is 16.1. The zero-order chi connectivity index (χ0) is 24.7. The van der Waals surface area contributed by atoms with Crippen LogP contribution in [0.3, 0.4) is 0 Å². The van der Waals surface area contributed by atoms with Crippen LogP contribution in [-0.4, -0.2) is 45.1 Å². The van der Waals surface area contributed by atoms with E-state index in [1.165, 1.54) is 12.1 Å². The Hall–Kier alpha value is -4.22. The van der Waals surface area contributed by atoms with Crippen LogP contribution in [0.2, 0.25) is 0 Å². The molecule has 3 rings (SSSR count). The van der Waals surface area contributed by atoms with Crippen molar-refractivity contribution in [3.8, 4) is 0 Å². The average molecular weight is 483 g/mol. The number of benzene rings is 2. The molecule has 0 radical (unpaired) electrons. The van der Waals surface area contributed by atoms with E-state index >= 15 is 0 Å². The van der Waals surface area contributed by atoms with Crippen molar-refractivity contribution in [2.45, 2.75) is 5.09 Å². The Morgan fingerprint density at radius 2 is 1.68 bits per heavy atom. The minimum absolute atomic E-state index is 0.0222. The van der Waals surface area contributed by atoms with Gasteiger partial charge in [-0.15, -0.1) is 0 Å². The summed E-state index contributed by atoms with van der Waals surface area (Å²) in [6.45, 7) is 0. The third-order valence-corrected chi connectivity index (χ3v) is 5.19. The molecule has 1 aromatic heterocycles. The van der Waals surface area contributed by atoms with Crippen LogP contribution in [0.1, 0.15) is 21.7 Å². The summed E-state index contributed by atoms with van der Waals surface area (Å²) in [5.74, 6) is -1.23. The molecular weight excluding hydrogens is 460 g/mol. The second kappa shape index (κ2) is 10.6. The molecule has 0 fully saturated rings. The molecular formula is C23H22N4O6S. The Balaban J connectivity index is 1.80. The Morgan fingerprint density at radius 1 is 1.00 bits per heavy atom. The van der Waals surface area contributed by atoms with E-state index in [1.54, 1.807) is 42.5 Å². The number of rotatable bonds is 8. The quantitative estimate of drug-likeness (QED) is 0.194. The summed E-state index contributed by atoms with van der Waals surface area (Å²) < 4.78 is 36.0. The number of hydrogen-bond acceptors (Lipinski definition) is 7. The highest BCUT2D eigenvalue weighted by Gasteiger charge is 2.16. The first-order valence-corrected chi connectivity index (χ1v) is 11.3. The average Bonchev–Trinajstić information content (AvgIpc) is 3.29. The number of hydrogen-bond donors (Lipinski definition) is 3. The first kappa shape index (κ1) is 24.4. The summed E-state index contributed by atoms with van der Waals surface area (Å²) in [6.07, 6.45) is 2.55. The standard InChI is InChI=1S/C23H22N4O6S/c1-27(2)18-10-8-16(9-11-18)14-20(25-22(28)17-6-4-3-5-7-17)23(29)26-24-15-19-12-13-21(33-19)34(30,31)32/h3-15H,1-2H3,(H,25,28)(H,26,29)(H,30,31,32). The maximum absolute atomic E-state index is 12.8. The number of carbonyl (C=O) groups excluding carboxylic acids is 2. The second-order valence-corrected chi connectivity index (χ2v) is 8.55. The molecule has 176 valence electrons. The minimum atomic E-state index is -4.50. The van der Waals surface area contributed by atoms with Gasteiger partial charge in [-0.2, -0.15) is 13.5 Å². The van der Waals surface area contributed by atoms with E-state index in [2.05, 4.69) is 15.8 Å². The molecule has 11 heteroatoms. The highest BCUT2D eigenvalue weighted by Crippen LogP contribution is 2.15. The molecule has 0 bridgehead atoms. The molecule has 0 saturated carbocycles. The van der Waals surface area contributed by atoms with Gasteiger partial charge in [0.05, 0.1) is 6.21 Å². The Labute approximate surface area is 196 Å². The van der Waals surface area contributed by atoms with Crippen LogP contribution in [0.4, 0.5) is 5.69 Å². The number of carbonyl (C=O) groups is 2. The molecule has 34 heavy (non-hydrogen) atoms. The van der Waals surface area contributed by atoms with Crippen LogP contribution in [0.15, 0.2) is 87.0 Å². The molecule has 1 heterocycles. The van der Waals surface area contributed by atoms with Gasteiger partial charge in [-0.25, -0.2) is 5.43 Å². The van der Waals surface area contributed by atoms with Gasteiger partial charge >= 0.3 is 10.1 Å². The fraction of sp³-hybridized carbons (Fsp3) is 0.0870. The lowest BCUT2D eigenvalue weighted by Crippen LogP contribution is -2.32. The fourth-order valence-electron chi connectivity index (χ4n) is 2.73. The summed E-state index contributed by atoms with van der Waals surface area (Å²) >= 11 is 0. The molecule has 0 aliphatic carbocycles. The van der Waals surface area contributed by atoms with Gasteiger partial charge in [-0.1, -0.05) is 30.3 Å². The van der Waals surface area contributed by atoms with Gasteiger partial charge in [-0.3, -0.25) is 14.1 Å². The summed E-state index contributed by atoms with van der Waals surface area (Å²) in [6, 6.07) is 18.0. The van der Waals surface area contributed by atoms with Gasteiger partial charge in [-0.05, 0) is 48.0 Å². The number of nitrogens with one attached hydrogen (secondary N) is 2. The lowest BCUT2D eigenvalue weighted by atomic mass is 10.1. The van der Waals surface area contributed by atoms with E-state index in [-0.39, 0.29) is 11.5 Å². The predicted molar refractivity (Wildman–Crippen MR) is 127 cm³/mol. The van der Waals surface area contributed by atoms with E-state index in [0.717, 1.165) is 18.0 Å². The summed E-state index contributed by atoms with van der Waals surface area (Å²) in [5.41, 5.74) is 4.17. The smallest absolute Gasteiger partial charge is 0.328 e. The molecule has 0 aliphatic rings. The molecule has 0 atom stereocenters.